The second kappa shape index (κ2) is 8.08. The number of para-hydroxylation sites is 1. The Labute approximate surface area is 178 Å². The SMILES string of the molecule is O=[N+]([O-])c1ccccc1S(=O)(=O)Nc1nn(Cc2ccc(Cl)c(Cl)c2)cc1Br. The van der Waals surface area contributed by atoms with Crippen molar-refractivity contribution in [2.24, 2.45) is 0 Å². The van der Waals surface area contributed by atoms with Gasteiger partial charge in [-0.1, -0.05) is 41.4 Å². The van der Waals surface area contributed by atoms with Crippen LogP contribution in [-0.2, 0) is 16.6 Å². The lowest BCUT2D eigenvalue weighted by Crippen LogP contribution is -2.15. The smallest absolute Gasteiger partial charge is 0.265 e. The number of nitro groups is 1. The molecule has 0 saturated carbocycles. The number of hydrogen-bond donors (Lipinski definition) is 1. The van der Waals surface area contributed by atoms with Crippen molar-refractivity contribution in [3.8, 4) is 0 Å². The van der Waals surface area contributed by atoms with E-state index in [0.29, 0.717) is 21.1 Å². The van der Waals surface area contributed by atoms with E-state index in [0.717, 1.165) is 17.7 Å². The summed E-state index contributed by atoms with van der Waals surface area (Å²) < 4.78 is 29.3. The molecular weight excluding hydrogens is 495 g/mol. The molecule has 0 aliphatic carbocycles. The van der Waals surface area contributed by atoms with Crippen molar-refractivity contribution in [3.63, 3.8) is 0 Å². The van der Waals surface area contributed by atoms with Gasteiger partial charge in [0.05, 0.1) is 26.0 Å². The summed E-state index contributed by atoms with van der Waals surface area (Å²) in [5, 5.41) is 16.1. The third-order valence-corrected chi connectivity index (χ3v) is 6.33. The van der Waals surface area contributed by atoms with E-state index in [4.69, 9.17) is 23.2 Å². The van der Waals surface area contributed by atoms with Gasteiger partial charge < -0.3 is 0 Å². The van der Waals surface area contributed by atoms with Gasteiger partial charge in [-0.05, 0) is 39.7 Å². The van der Waals surface area contributed by atoms with Crippen molar-refractivity contribution in [1.29, 1.82) is 0 Å². The van der Waals surface area contributed by atoms with Crippen LogP contribution >= 0.6 is 39.1 Å². The van der Waals surface area contributed by atoms with Crippen LogP contribution in [0.25, 0.3) is 0 Å². The lowest BCUT2D eigenvalue weighted by Gasteiger charge is -2.07. The van der Waals surface area contributed by atoms with Crippen LogP contribution < -0.4 is 4.72 Å². The molecule has 0 spiro atoms. The summed E-state index contributed by atoms with van der Waals surface area (Å²) in [5.74, 6) is -0.00166. The maximum Gasteiger partial charge on any atom is 0.289 e. The number of hydrogen-bond acceptors (Lipinski definition) is 5. The van der Waals surface area contributed by atoms with Gasteiger partial charge in [0.1, 0.15) is 0 Å². The minimum Gasteiger partial charge on any atom is -0.265 e. The van der Waals surface area contributed by atoms with E-state index in [1.807, 2.05) is 0 Å². The first-order valence-electron chi connectivity index (χ1n) is 7.60. The minimum atomic E-state index is -4.22. The molecule has 1 aromatic heterocycles. The number of benzene rings is 2. The van der Waals surface area contributed by atoms with E-state index < -0.39 is 25.5 Å². The van der Waals surface area contributed by atoms with Crippen LogP contribution in [0.4, 0.5) is 11.5 Å². The lowest BCUT2D eigenvalue weighted by molar-refractivity contribution is -0.387. The van der Waals surface area contributed by atoms with E-state index in [1.165, 1.54) is 16.8 Å². The van der Waals surface area contributed by atoms with Crippen molar-refractivity contribution in [1.82, 2.24) is 9.78 Å². The number of halogens is 3. The van der Waals surface area contributed by atoms with E-state index in [1.54, 1.807) is 24.4 Å². The van der Waals surface area contributed by atoms with Crippen LogP contribution in [0.15, 0.2) is 58.0 Å². The van der Waals surface area contributed by atoms with E-state index in [-0.39, 0.29) is 5.82 Å². The maximum atomic E-state index is 12.6. The molecular formula is C16H11BrCl2N4O4S. The van der Waals surface area contributed by atoms with Gasteiger partial charge in [0, 0.05) is 12.3 Å². The fourth-order valence-electron chi connectivity index (χ4n) is 2.39. The molecule has 0 aliphatic rings. The first-order valence-corrected chi connectivity index (χ1v) is 10.6. The quantitative estimate of drug-likeness (QED) is 0.385. The fraction of sp³-hybridized carbons (Fsp3) is 0.0625. The molecule has 1 N–H and O–H groups in total. The molecule has 3 rings (SSSR count). The summed E-state index contributed by atoms with van der Waals surface area (Å²) in [6.07, 6.45) is 1.57. The molecule has 146 valence electrons. The van der Waals surface area contributed by atoms with Gasteiger partial charge in [0.2, 0.25) is 0 Å². The highest BCUT2D eigenvalue weighted by molar-refractivity contribution is 9.10. The lowest BCUT2D eigenvalue weighted by atomic mass is 10.2. The van der Waals surface area contributed by atoms with Crippen molar-refractivity contribution in [2.75, 3.05) is 4.72 Å². The number of rotatable bonds is 6. The van der Waals surface area contributed by atoms with Gasteiger partial charge in [0.15, 0.2) is 10.7 Å². The molecule has 1 heterocycles. The van der Waals surface area contributed by atoms with Gasteiger partial charge in [-0.2, -0.15) is 5.10 Å². The molecule has 0 unspecified atom stereocenters. The highest BCUT2D eigenvalue weighted by atomic mass is 79.9. The molecule has 0 bridgehead atoms. The summed E-state index contributed by atoms with van der Waals surface area (Å²) in [5.41, 5.74) is 0.277. The number of sulfonamides is 1. The zero-order valence-electron chi connectivity index (χ0n) is 13.8. The second-order valence-electron chi connectivity index (χ2n) is 5.60. The Balaban J connectivity index is 1.87. The van der Waals surface area contributed by atoms with Gasteiger partial charge in [-0.15, -0.1) is 0 Å². The Kier molecular flexibility index (Phi) is 5.94. The number of nitrogens with one attached hydrogen (secondary N) is 1. The molecule has 8 nitrogen and oxygen atoms in total. The van der Waals surface area contributed by atoms with E-state index >= 15 is 0 Å². The predicted octanol–water partition coefficient (Wildman–Crippen LogP) is 4.71. The van der Waals surface area contributed by atoms with Crippen LogP contribution in [0, 0.1) is 10.1 Å². The van der Waals surface area contributed by atoms with Crippen LogP contribution in [0.3, 0.4) is 0 Å². The van der Waals surface area contributed by atoms with Gasteiger partial charge in [-0.3, -0.25) is 19.5 Å². The van der Waals surface area contributed by atoms with E-state index in [2.05, 4.69) is 25.8 Å². The molecule has 2 aromatic carbocycles. The number of nitrogens with zero attached hydrogens (tertiary/aromatic N) is 3. The Bertz CT molecular complexity index is 1170. The summed E-state index contributed by atoms with van der Waals surface area (Å²) in [6.45, 7) is 0.308. The van der Waals surface area contributed by atoms with E-state index in [9.17, 15) is 18.5 Å². The van der Waals surface area contributed by atoms with Gasteiger partial charge in [-0.25, -0.2) is 8.42 Å². The normalized spacial score (nSPS) is 11.4. The average molecular weight is 506 g/mol. The number of aromatic nitrogens is 2. The molecule has 0 atom stereocenters. The van der Waals surface area contributed by atoms with Crippen LogP contribution in [0.5, 0.6) is 0 Å². The van der Waals surface area contributed by atoms with Crippen LogP contribution in [0.2, 0.25) is 10.0 Å². The highest BCUT2D eigenvalue weighted by Crippen LogP contribution is 2.28. The van der Waals surface area contributed by atoms with Crippen molar-refractivity contribution in [3.05, 3.63) is 78.9 Å². The molecule has 0 aliphatic heterocycles. The molecule has 0 amide bonds. The Hall–Kier alpha value is -2.14. The van der Waals surface area contributed by atoms with Crippen molar-refractivity contribution in [2.45, 2.75) is 11.4 Å². The Morgan fingerprint density at radius 1 is 1.18 bits per heavy atom. The average Bonchev–Trinajstić information content (AvgIpc) is 2.96. The summed E-state index contributed by atoms with van der Waals surface area (Å²) >= 11 is 15.1. The molecule has 0 saturated heterocycles. The summed E-state index contributed by atoms with van der Waals surface area (Å²) in [6, 6.07) is 10.2. The molecule has 12 heteroatoms. The Morgan fingerprint density at radius 2 is 1.89 bits per heavy atom. The highest BCUT2D eigenvalue weighted by Gasteiger charge is 2.26. The molecule has 28 heavy (non-hydrogen) atoms. The first kappa shape index (κ1) is 20.6. The number of anilines is 1. The van der Waals surface area contributed by atoms with Crippen molar-refractivity contribution < 1.29 is 13.3 Å². The minimum absolute atomic E-state index is 0.00166. The standard InChI is InChI=1S/C16H11BrCl2N4O4S/c17-11-9-22(8-10-5-6-12(18)13(19)7-10)20-16(11)21-28(26,27)15-4-2-1-3-14(15)23(24)25/h1-7,9H,8H2,(H,20,21). The summed E-state index contributed by atoms with van der Waals surface area (Å²) in [7, 11) is -4.22. The van der Waals surface area contributed by atoms with Crippen LogP contribution in [0.1, 0.15) is 5.56 Å². The molecule has 0 radical (unpaired) electrons. The largest absolute Gasteiger partial charge is 0.289 e. The predicted molar refractivity (Wildman–Crippen MR) is 109 cm³/mol. The summed E-state index contributed by atoms with van der Waals surface area (Å²) in [4.78, 5) is 9.90. The molecule has 3 aromatic rings. The van der Waals surface area contributed by atoms with Crippen molar-refractivity contribution >= 4 is 60.7 Å². The Morgan fingerprint density at radius 3 is 2.57 bits per heavy atom. The zero-order chi connectivity index (χ0) is 20.5. The first-order chi connectivity index (χ1) is 13.2. The third-order valence-electron chi connectivity index (χ3n) is 3.63. The zero-order valence-corrected chi connectivity index (χ0v) is 17.8. The fourth-order valence-corrected chi connectivity index (χ4v) is 4.45. The van der Waals surface area contributed by atoms with Crippen LogP contribution in [-0.4, -0.2) is 23.1 Å². The van der Waals surface area contributed by atoms with Gasteiger partial charge in [0.25, 0.3) is 15.7 Å². The third kappa shape index (κ3) is 4.46. The van der Waals surface area contributed by atoms with Gasteiger partial charge >= 0.3 is 0 Å². The topological polar surface area (TPSA) is 107 Å². The monoisotopic (exact) mass is 504 g/mol. The second-order valence-corrected chi connectivity index (χ2v) is 8.92. The number of nitro benzene ring substituents is 1. The molecule has 0 fully saturated rings. The maximum absolute atomic E-state index is 12.6.